The molecule has 0 saturated carbocycles. The quantitative estimate of drug-likeness (QED) is 0.534. The molecule has 0 bridgehead atoms. The zero-order chi connectivity index (χ0) is 13.8. The van der Waals surface area contributed by atoms with Gasteiger partial charge in [0.05, 0.1) is 0 Å². The Balaban J connectivity index is 1.77. The fraction of sp³-hybridized carbons (Fsp3) is 0.0625. The summed E-state index contributed by atoms with van der Waals surface area (Å²) in [5.74, 6) is 0.0499. The van der Waals surface area contributed by atoms with Crippen molar-refractivity contribution in [2.75, 3.05) is 0 Å². The number of ketones is 1. The smallest absolute Gasteiger partial charge is 0.270 e. The van der Waals surface area contributed by atoms with Crippen molar-refractivity contribution in [2.45, 2.75) is 6.54 Å². The molecule has 4 heteroatoms. The molecule has 0 unspecified atom stereocenters. The second-order valence-corrected chi connectivity index (χ2v) is 4.48. The van der Waals surface area contributed by atoms with Crippen molar-refractivity contribution in [2.24, 2.45) is 0 Å². The molecule has 0 N–H and O–H groups in total. The van der Waals surface area contributed by atoms with Gasteiger partial charge in [-0.05, 0) is 12.1 Å². The van der Waals surface area contributed by atoms with Crippen LogP contribution in [0, 0.1) is 0 Å². The predicted molar refractivity (Wildman–Crippen MR) is 74.5 cm³/mol. The lowest BCUT2D eigenvalue weighted by atomic mass is 10.1. The Morgan fingerprint density at radius 2 is 1.65 bits per heavy atom. The first kappa shape index (κ1) is 12.3. The van der Waals surface area contributed by atoms with Gasteiger partial charge < -0.3 is 0 Å². The van der Waals surface area contributed by atoms with Crippen LogP contribution in [-0.2, 0) is 6.54 Å². The van der Waals surface area contributed by atoms with E-state index in [1.165, 1.54) is 0 Å². The lowest BCUT2D eigenvalue weighted by Crippen LogP contribution is -2.27. The van der Waals surface area contributed by atoms with Crippen LogP contribution < -0.4 is 4.57 Å². The van der Waals surface area contributed by atoms with E-state index in [2.05, 4.69) is 5.10 Å². The standard InChI is InChI=1S/C16H14N3O/c20-16(14-7-3-1-4-8-14)11-19-13-18(12-17-19)15-9-5-2-6-10-15/h1-10,12-13H,11H2/q+1. The summed E-state index contributed by atoms with van der Waals surface area (Å²) in [5.41, 5.74) is 1.72. The summed E-state index contributed by atoms with van der Waals surface area (Å²) in [6, 6.07) is 19.1. The number of benzene rings is 2. The summed E-state index contributed by atoms with van der Waals surface area (Å²) in [7, 11) is 0. The van der Waals surface area contributed by atoms with Crippen LogP contribution >= 0.6 is 0 Å². The Morgan fingerprint density at radius 3 is 2.35 bits per heavy atom. The number of carbonyl (C=O) groups is 1. The van der Waals surface area contributed by atoms with E-state index < -0.39 is 0 Å². The summed E-state index contributed by atoms with van der Waals surface area (Å²) in [6.07, 6.45) is 3.52. The average Bonchev–Trinajstić information content (AvgIpc) is 2.97. The van der Waals surface area contributed by atoms with Crippen LogP contribution in [0.15, 0.2) is 73.3 Å². The normalized spacial score (nSPS) is 10.4. The SMILES string of the molecule is O=C(Cn1c[n+](-c2ccccc2)cn1)c1ccccc1. The van der Waals surface area contributed by atoms with Crippen molar-refractivity contribution in [1.82, 2.24) is 9.78 Å². The van der Waals surface area contributed by atoms with Gasteiger partial charge in [-0.15, -0.1) is 4.68 Å². The van der Waals surface area contributed by atoms with E-state index in [1.54, 1.807) is 11.0 Å². The minimum atomic E-state index is 0.0499. The van der Waals surface area contributed by atoms with Gasteiger partial charge in [0.1, 0.15) is 5.69 Å². The molecule has 0 saturated heterocycles. The van der Waals surface area contributed by atoms with Crippen LogP contribution in [0.1, 0.15) is 10.4 Å². The van der Waals surface area contributed by atoms with Crippen molar-refractivity contribution in [3.05, 3.63) is 78.9 Å². The Labute approximate surface area is 116 Å². The number of hydrogen-bond acceptors (Lipinski definition) is 2. The van der Waals surface area contributed by atoms with Crippen molar-refractivity contribution < 1.29 is 9.36 Å². The number of hydrogen-bond donors (Lipinski definition) is 0. The zero-order valence-electron chi connectivity index (χ0n) is 10.9. The van der Waals surface area contributed by atoms with E-state index in [9.17, 15) is 4.79 Å². The average molecular weight is 264 g/mol. The van der Waals surface area contributed by atoms with Crippen LogP contribution in [0.5, 0.6) is 0 Å². The summed E-state index contributed by atoms with van der Waals surface area (Å²) in [6.45, 7) is 0.240. The van der Waals surface area contributed by atoms with E-state index in [0.717, 1.165) is 5.69 Å². The molecule has 3 aromatic rings. The maximum atomic E-state index is 12.1. The van der Waals surface area contributed by atoms with Crippen LogP contribution in [0.25, 0.3) is 5.69 Å². The lowest BCUT2D eigenvalue weighted by molar-refractivity contribution is -0.596. The highest BCUT2D eigenvalue weighted by Gasteiger charge is 2.13. The number of Topliss-reactive ketones (excluding diaryl/α,β-unsaturated/α-hetero) is 1. The third-order valence-corrected chi connectivity index (χ3v) is 3.04. The molecule has 0 amide bonds. The van der Waals surface area contributed by atoms with Crippen LogP contribution in [0.3, 0.4) is 0 Å². The number of carbonyl (C=O) groups excluding carboxylic acids is 1. The molecular formula is C16H14N3O+. The van der Waals surface area contributed by atoms with Crippen LogP contribution in [0.4, 0.5) is 0 Å². The Morgan fingerprint density at radius 1 is 1.00 bits per heavy atom. The molecule has 0 aliphatic heterocycles. The maximum Gasteiger partial charge on any atom is 0.270 e. The Kier molecular flexibility index (Phi) is 3.37. The van der Waals surface area contributed by atoms with Crippen molar-refractivity contribution >= 4 is 5.78 Å². The molecule has 4 nitrogen and oxygen atoms in total. The van der Waals surface area contributed by atoms with Gasteiger partial charge >= 0.3 is 0 Å². The van der Waals surface area contributed by atoms with Gasteiger partial charge in [0.15, 0.2) is 12.3 Å². The van der Waals surface area contributed by atoms with Gasteiger partial charge in [-0.1, -0.05) is 48.5 Å². The third-order valence-electron chi connectivity index (χ3n) is 3.04. The molecule has 98 valence electrons. The molecule has 0 aliphatic carbocycles. The first-order valence-electron chi connectivity index (χ1n) is 6.40. The van der Waals surface area contributed by atoms with Gasteiger partial charge in [-0.2, -0.15) is 0 Å². The van der Waals surface area contributed by atoms with Gasteiger partial charge in [0, 0.05) is 10.7 Å². The van der Waals surface area contributed by atoms with Crippen molar-refractivity contribution in [3.8, 4) is 5.69 Å². The topological polar surface area (TPSA) is 38.8 Å². The second kappa shape index (κ2) is 5.48. The van der Waals surface area contributed by atoms with Gasteiger partial charge in [0.2, 0.25) is 6.33 Å². The first-order valence-corrected chi connectivity index (χ1v) is 6.40. The fourth-order valence-electron chi connectivity index (χ4n) is 2.00. The molecule has 1 heterocycles. The Bertz CT molecular complexity index is 705. The number of rotatable bonds is 4. The van der Waals surface area contributed by atoms with Crippen LogP contribution in [-0.4, -0.2) is 15.6 Å². The molecule has 20 heavy (non-hydrogen) atoms. The maximum absolute atomic E-state index is 12.1. The summed E-state index contributed by atoms with van der Waals surface area (Å²) in [5, 5.41) is 4.22. The molecular weight excluding hydrogens is 250 g/mol. The molecule has 2 aromatic carbocycles. The van der Waals surface area contributed by atoms with E-state index in [-0.39, 0.29) is 12.3 Å². The third kappa shape index (κ3) is 2.64. The summed E-state index contributed by atoms with van der Waals surface area (Å²) >= 11 is 0. The van der Waals surface area contributed by atoms with Gasteiger partial charge in [0.25, 0.3) is 6.33 Å². The minimum absolute atomic E-state index is 0.0499. The number of para-hydroxylation sites is 1. The van der Waals surface area contributed by atoms with Gasteiger partial charge in [-0.25, -0.2) is 4.57 Å². The second-order valence-electron chi connectivity index (χ2n) is 4.48. The number of nitrogens with zero attached hydrogens (tertiary/aromatic N) is 3. The van der Waals surface area contributed by atoms with E-state index in [0.29, 0.717) is 5.56 Å². The monoisotopic (exact) mass is 264 g/mol. The molecule has 1 aromatic heterocycles. The molecule has 0 aliphatic rings. The fourth-order valence-corrected chi connectivity index (χ4v) is 2.00. The Hall–Kier alpha value is -2.75. The highest BCUT2D eigenvalue weighted by molar-refractivity contribution is 5.95. The summed E-state index contributed by atoms with van der Waals surface area (Å²) in [4.78, 5) is 12.1. The zero-order valence-corrected chi connectivity index (χ0v) is 10.9. The van der Waals surface area contributed by atoms with Crippen LogP contribution in [0.2, 0.25) is 0 Å². The first-order chi connectivity index (χ1) is 9.83. The molecule has 0 fully saturated rings. The van der Waals surface area contributed by atoms with Gasteiger partial charge in [-0.3, -0.25) is 4.79 Å². The highest BCUT2D eigenvalue weighted by atomic mass is 16.1. The van der Waals surface area contributed by atoms with E-state index in [4.69, 9.17) is 0 Å². The minimum Gasteiger partial charge on any atom is -0.290 e. The van der Waals surface area contributed by atoms with E-state index >= 15 is 0 Å². The lowest BCUT2D eigenvalue weighted by Gasteiger charge is -1.96. The van der Waals surface area contributed by atoms with E-state index in [1.807, 2.05) is 71.6 Å². The highest BCUT2D eigenvalue weighted by Crippen LogP contribution is 2.02. The molecule has 0 atom stereocenters. The van der Waals surface area contributed by atoms with Crippen molar-refractivity contribution in [3.63, 3.8) is 0 Å². The molecule has 0 radical (unpaired) electrons. The predicted octanol–water partition coefficient (Wildman–Crippen LogP) is 2.04. The molecule has 0 spiro atoms. The number of aromatic nitrogens is 3. The summed E-state index contributed by atoms with van der Waals surface area (Å²) < 4.78 is 3.53. The van der Waals surface area contributed by atoms with Crippen molar-refractivity contribution in [1.29, 1.82) is 0 Å². The molecule has 3 rings (SSSR count). The largest absolute Gasteiger partial charge is 0.290 e.